The lowest BCUT2D eigenvalue weighted by atomic mass is 9.84. The van der Waals surface area contributed by atoms with Gasteiger partial charge in [0, 0.05) is 11.3 Å². The van der Waals surface area contributed by atoms with Gasteiger partial charge in [-0.15, -0.1) is 0 Å². The third-order valence-corrected chi connectivity index (χ3v) is 5.35. The van der Waals surface area contributed by atoms with Gasteiger partial charge in [0.2, 0.25) is 0 Å². The van der Waals surface area contributed by atoms with Gasteiger partial charge >= 0.3 is 5.97 Å². The van der Waals surface area contributed by atoms with E-state index >= 15 is 0 Å². The fourth-order valence-corrected chi connectivity index (χ4v) is 3.51. The molecule has 154 valence electrons. The van der Waals surface area contributed by atoms with Crippen molar-refractivity contribution in [3.8, 4) is 0 Å². The Hall–Kier alpha value is -2.82. The van der Waals surface area contributed by atoms with Gasteiger partial charge in [-0.25, -0.2) is 4.79 Å². The molecule has 0 fully saturated rings. The van der Waals surface area contributed by atoms with Crippen molar-refractivity contribution in [3.05, 3.63) is 100 Å². The monoisotopic (exact) mass is 441 g/mol. The van der Waals surface area contributed by atoms with Crippen molar-refractivity contribution in [2.45, 2.75) is 18.9 Å². The molecule has 0 aliphatic heterocycles. The maximum absolute atomic E-state index is 13.5. The van der Waals surface area contributed by atoms with Crippen LogP contribution in [0.4, 0.5) is 5.69 Å². The van der Waals surface area contributed by atoms with E-state index in [4.69, 9.17) is 27.9 Å². The summed E-state index contributed by atoms with van der Waals surface area (Å²) in [6.07, 6.45) is 0. The third kappa shape index (κ3) is 5.21. The first-order chi connectivity index (χ1) is 14.5. The summed E-state index contributed by atoms with van der Waals surface area (Å²) >= 11 is 12.2. The highest BCUT2D eigenvalue weighted by molar-refractivity contribution is 6.42. The highest BCUT2D eigenvalue weighted by Gasteiger charge is 2.36. The van der Waals surface area contributed by atoms with Crippen LogP contribution in [0.15, 0.2) is 78.9 Å². The summed E-state index contributed by atoms with van der Waals surface area (Å²) in [5.41, 5.74) is 1.78. The molecule has 0 aliphatic rings. The van der Waals surface area contributed by atoms with E-state index in [1.54, 1.807) is 49.4 Å². The summed E-state index contributed by atoms with van der Waals surface area (Å²) in [6, 6.07) is 22.1. The van der Waals surface area contributed by atoms with E-state index in [-0.39, 0.29) is 12.4 Å². The van der Waals surface area contributed by atoms with Crippen LogP contribution >= 0.6 is 23.2 Å². The Kier molecular flexibility index (Phi) is 7.50. The van der Waals surface area contributed by atoms with E-state index < -0.39 is 17.9 Å². The van der Waals surface area contributed by atoms with Crippen LogP contribution in [0.3, 0.4) is 0 Å². The first-order valence-corrected chi connectivity index (χ1v) is 10.3. The quantitative estimate of drug-likeness (QED) is 0.343. The second-order valence-electron chi connectivity index (χ2n) is 6.62. The van der Waals surface area contributed by atoms with Crippen LogP contribution < -0.4 is 5.32 Å². The molecule has 0 saturated heterocycles. The van der Waals surface area contributed by atoms with Gasteiger partial charge in [0.15, 0.2) is 5.78 Å². The summed E-state index contributed by atoms with van der Waals surface area (Å²) in [7, 11) is 0. The molecule has 0 heterocycles. The van der Waals surface area contributed by atoms with Crippen LogP contribution in [0.5, 0.6) is 0 Å². The van der Waals surface area contributed by atoms with Crippen molar-refractivity contribution >= 4 is 40.6 Å². The lowest BCUT2D eigenvalue weighted by Crippen LogP contribution is -2.40. The number of ketones is 1. The topological polar surface area (TPSA) is 55.4 Å². The molecule has 2 atom stereocenters. The molecule has 2 unspecified atom stereocenters. The Bertz CT molecular complexity index is 1010. The van der Waals surface area contributed by atoms with Crippen molar-refractivity contribution in [1.29, 1.82) is 0 Å². The molecule has 0 saturated carbocycles. The lowest BCUT2D eigenvalue weighted by Gasteiger charge is -2.27. The van der Waals surface area contributed by atoms with Crippen molar-refractivity contribution in [1.82, 2.24) is 0 Å². The number of carbonyl (C=O) groups is 2. The maximum atomic E-state index is 13.5. The molecule has 30 heavy (non-hydrogen) atoms. The SMILES string of the molecule is CCOC(=O)C(Nc1ccc(Cl)c(Cl)c1)C(C(=O)c1ccccc1)c1ccccc1. The minimum Gasteiger partial charge on any atom is -0.464 e. The molecule has 0 bridgehead atoms. The standard InChI is InChI=1S/C24H21Cl2NO3/c1-2-30-24(29)22(27-18-13-14-19(25)20(26)15-18)21(16-9-5-3-6-10-16)23(28)17-11-7-4-8-12-17/h3-15,21-22,27H,2H2,1H3. The van der Waals surface area contributed by atoms with Gasteiger partial charge in [-0.3, -0.25) is 4.79 Å². The summed E-state index contributed by atoms with van der Waals surface area (Å²) < 4.78 is 5.31. The Labute approximate surface area is 185 Å². The van der Waals surface area contributed by atoms with Crippen LogP contribution in [0.25, 0.3) is 0 Å². The first-order valence-electron chi connectivity index (χ1n) is 9.53. The first kappa shape index (κ1) is 21.9. The van der Waals surface area contributed by atoms with E-state index in [1.807, 2.05) is 36.4 Å². The number of Topliss-reactive ketones (excluding diaryl/α,β-unsaturated/α-hetero) is 1. The summed E-state index contributed by atoms with van der Waals surface area (Å²) in [6.45, 7) is 1.92. The molecule has 0 amide bonds. The minimum atomic E-state index is -0.961. The second kappa shape index (κ2) is 10.3. The van der Waals surface area contributed by atoms with Gasteiger partial charge in [0.25, 0.3) is 0 Å². The zero-order valence-electron chi connectivity index (χ0n) is 16.3. The van der Waals surface area contributed by atoms with Crippen LogP contribution in [0.1, 0.15) is 28.8 Å². The van der Waals surface area contributed by atoms with Crippen LogP contribution in [-0.2, 0) is 9.53 Å². The van der Waals surface area contributed by atoms with Crippen molar-refractivity contribution in [2.24, 2.45) is 0 Å². The van der Waals surface area contributed by atoms with E-state index in [0.717, 1.165) is 0 Å². The molecule has 3 aromatic rings. The predicted molar refractivity (Wildman–Crippen MR) is 120 cm³/mol. The van der Waals surface area contributed by atoms with Gasteiger partial charge in [-0.1, -0.05) is 83.9 Å². The Morgan fingerprint density at radius 1 is 0.900 bits per heavy atom. The van der Waals surface area contributed by atoms with E-state index in [9.17, 15) is 9.59 Å². The van der Waals surface area contributed by atoms with Crippen LogP contribution in [-0.4, -0.2) is 24.4 Å². The molecule has 0 aromatic heterocycles. The Morgan fingerprint density at radius 3 is 2.13 bits per heavy atom. The summed E-state index contributed by atoms with van der Waals surface area (Å²) in [4.78, 5) is 26.5. The normalized spacial score (nSPS) is 12.6. The second-order valence-corrected chi connectivity index (χ2v) is 7.44. The zero-order chi connectivity index (χ0) is 21.5. The molecule has 4 nitrogen and oxygen atoms in total. The van der Waals surface area contributed by atoms with E-state index in [0.29, 0.717) is 26.9 Å². The highest BCUT2D eigenvalue weighted by Crippen LogP contribution is 2.30. The zero-order valence-corrected chi connectivity index (χ0v) is 17.9. The fraction of sp³-hybridized carbons (Fsp3) is 0.167. The van der Waals surface area contributed by atoms with Gasteiger partial charge < -0.3 is 10.1 Å². The molecule has 6 heteroatoms. The summed E-state index contributed by atoms with van der Waals surface area (Å²) in [5, 5.41) is 3.88. The number of benzene rings is 3. The fourth-order valence-electron chi connectivity index (χ4n) is 3.21. The molecular formula is C24H21Cl2NO3. The maximum Gasteiger partial charge on any atom is 0.329 e. The predicted octanol–water partition coefficient (Wildman–Crippen LogP) is 6.00. The van der Waals surface area contributed by atoms with Crippen molar-refractivity contribution < 1.29 is 14.3 Å². The molecular weight excluding hydrogens is 421 g/mol. The van der Waals surface area contributed by atoms with Crippen molar-refractivity contribution in [3.63, 3.8) is 0 Å². The number of ether oxygens (including phenoxy) is 1. The van der Waals surface area contributed by atoms with Crippen LogP contribution in [0, 0.1) is 0 Å². The number of nitrogens with one attached hydrogen (secondary N) is 1. The smallest absolute Gasteiger partial charge is 0.329 e. The van der Waals surface area contributed by atoms with Gasteiger partial charge in [0.05, 0.1) is 22.6 Å². The number of esters is 1. The molecule has 1 N–H and O–H groups in total. The summed E-state index contributed by atoms with van der Waals surface area (Å²) in [5.74, 6) is -1.52. The Morgan fingerprint density at radius 2 is 1.53 bits per heavy atom. The average molecular weight is 442 g/mol. The number of halogens is 2. The Balaban J connectivity index is 2.07. The van der Waals surface area contributed by atoms with E-state index in [2.05, 4.69) is 5.32 Å². The molecule has 3 rings (SSSR count). The molecule has 0 aliphatic carbocycles. The minimum absolute atomic E-state index is 0.188. The number of carbonyl (C=O) groups excluding carboxylic acids is 2. The van der Waals surface area contributed by atoms with Gasteiger partial charge in [0.1, 0.15) is 6.04 Å². The van der Waals surface area contributed by atoms with E-state index in [1.165, 1.54) is 0 Å². The average Bonchev–Trinajstić information content (AvgIpc) is 2.77. The number of anilines is 1. The van der Waals surface area contributed by atoms with Crippen molar-refractivity contribution in [2.75, 3.05) is 11.9 Å². The van der Waals surface area contributed by atoms with Gasteiger partial charge in [-0.2, -0.15) is 0 Å². The highest BCUT2D eigenvalue weighted by atomic mass is 35.5. The third-order valence-electron chi connectivity index (χ3n) is 4.62. The molecule has 3 aromatic carbocycles. The number of rotatable bonds is 8. The molecule has 0 spiro atoms. The molecule has 0 radical (unpaired) electrons. The number of hydrogen-bond acceptors (Lipinski definition) is 4. The largest absolute Gasteiger partial charge is 0.464 e. The lowest BCUT2D eigenvalue weighted by molar-refractivity contribution is -0.144. The van der Waals surface area contributed by atoms with Crippen LogP contribution in [0.2, 0.25) is 10.0 Å². The number of hydrogen-bond donors (Lipinski definition) is 1. The van der Waals surface area contributed by atoms with Gasteiger partial charge in [-0.05, 0) is 30.7 Å².